The maximum absolute atomic E-state index is 11.2. The smallest absolute Gasteiger partial charge is 0.273 e. The average molecular weight is 272 g/mol. The lowest BCUT2D eigenvalue weighted by molar-refractivity contribution is 0.763. The van der Waals surface area contributed by atoms with Crippen molar-refractivity contribution in [3.05, 3.63) is 27.5 Å². The Labute approximate surface area is 106 Å². The zero-order valence-corrected chi connectivity index (χ0v) is 10.8. The van der Waals surface area contributed by atoms with Gasteiger partial charge in [-0.25, -0.2) is 19.9 Å². The second kappa shape index (κ2) is 4.89. The van der Waals surface area contributed by atoms with E-state index >= 15 is 0 Å². The molecule has 8 heteroatoms. The molecule has 2 heterocycles. The summed E-state index contributed by atoms with van der Waals surface area (Å²) in [5, 5.41) is 7.83. The van der Waals surface area contributed by atoms with Crippen LogP contribution >= 0.6 is 23.4 Å². The second-order valence-electron chi connectivity index (χ2n) is 3.27. The topological polar surface area (TPSA) is 76.5 Å². The maximum atomic E-state index is 11.2. The monoisotopic (exact) mass is 271 g/mol. The Morgan fingerprint density at radius 2 is 2.29 bits per heavy atom. The molecule has 0 saturated carbocycles. The number of hydrogen-bond acceptors (Lipinski definition) is 5. The summed E-state index contributed by atoms with van der Waals surface area (Å²) in [5.74, 6) is 0.667. The van der Waals surface area contributed by atoms with Gasteiger partial charge in [-0.05, 0) is 11.8 Å². The fraction of sp³-hybridized carbons (Fsp3) is 0.333. The van der Waals surface area contributed by atoms with Crippen molar-refractivity contribution in [2.45, 2.75) is 23.5 Å². The lowest BCUT2D eigenvalue weighted by atomic mass is 10.4. The number of aromatic nitrogens is 5. The molecule has 0 bridgehead atoms. The van der Waals surface area contributed by atoms with Crippen molar-refractivity contribution < 1.29 is 0 Å². The molecule has 2 aromatic heterocycles. The summed E-state index contributed by atoms with van der Waals surface area (Å²) in [4.78, 5) is 19.6. The van der Waals surface area contributed by atoms with E-state index in [0.29, 0.717) is 27.6 Å². The molecule has 0 saturated heterocycles. The molecule has 1 N–H and O–H groups in total. The first kappa shape index (κ1) is 12.1. The Hall–Kier alpha value is -1.34. The van der Waals surface area contributed by atoms with Crippen molar-refractivity contribution in [3.8, 4) is 0 Å². The van der Waals surface area contributed by atoms with Crippen LogP contribution < -0.4 is 5.69 Å². The fourth-order valence-electron chi connectivity index (χ4n) is 1.17. The van der Waals surface area contributed by atoms with E-state index < -0.39 is 0 Å². The number of nitrogens with one attached hydrogen (secondary N) is 1. The zero-order valence-electron chi connectivity index (χ0n) is 9.27. The normalized spacial score (nSPS) is 10.8. The Morgan fingerprint density at radius 3 is 2.88 bits per heavy atom. The zero-order chi connectivity index (χ0) is 12.4. The van der Waals surface area contributed by atoms with Crippen molar-refractivity contribution in [2.75, 3.05) is 0 Å². The molecule has 0 aliphatic rings. The lowest BCUT2D eigenvalue weighted by Gasteiger charge is -2.02. The molecule has 2 aromatic rings. The summed E-state index contributed by atoms with van der Waals surface area (Å²) < 4.78 is 1.41. The van der Waals surface area contributed by atoms with Gasteiger partial charge in [-0.3, -0.25) is 4.57 Å². The first-order valence-corrected chi connectivity index (χ1v) is 6.12. The van der Waals surface area contributed by atoms with Crippen LogP contribution in [0.5, 0.6) is 0 Å². The van der Waals surface area contributed by atoms with Crippen LogP contribution in [0.1, 0.15) is 12.7 Å². The Kier molecular flexibility index (Phi) is 3.49. The largest absolute Gasteiger partial charge is 0.343 e. The summed E-state index contributed by atoms with van der Waals surface area (Å²) in [6.45, 7) is 1.95. The van der Waals surface area contributed by atoms with Gasteiger partial charge < -0.3 is 0 Å². The molecule has 17 heavy (non-hydrogen) atoms. The predicted molar refractivity (Wildman–Crippen MR) is 64.4 cm³/mol. The molecule has 0 aliphatic heterocycles. The first-order valence-electron chi connectivity index (χ1n) is 4.93. The van der Waals surface area contributed by atoms with Crippen LogP contribution in [0.4, 0.5) is 0 Å². The minimum Gasteiger partial charge on any atom is -0.273 e. The lowest BCUT2D eigenvalue weighted by Crippen LogP contribution is -2.12. The molecule has 2 rings (SSSR count). The summed E-state index contributed by atoms with van der Waals surface area (Å²) in [5.41, 5.74) is -0.261. The number of halogens is 1. The van der Waals surface area contributed by atoms with E-state index in [1.807, 2.05) is 6.92 Å². The number of hydrogen-bond donors (Lipinski definition) is 1. The van der Waals surface area contributed by atoms with Gasteiger partial charge in [0.15, 0.2) is 5.16 Å². The van der Waals surface area contributed by atoms with Gasteiger partial charge in [0.05, 0.1) is 0 Å². The quantitative estimate of drug-likeness (QED) is 0.851. The molecule has 0 unspecified atom stereocenters. The summed E-state index contributed by atoms with van der Waals surface area (Å²) in [6.07, 6.45) is 0.702. The molecule has 0 amide bonds. The van der Waals surface area contributed by atoms with E-state index in [4.69, 9.17) is 11.6 Å². The minimum absolute atomic E-state index is 0.261. The van der Waals surface area contributed by atoms with E-state index in [1.165, 1.54) is 16.3 Å². The molecule has 0 atom stereocenters. The highest BCUT2D eigenvalue weighted by molar-refractivity contribution is 7.99. The summed E-state index contributed by atoms with van der Waals surface area (Å²) >= 11 is 7.14. The summed E-state index contributed by atoms with van der Waals surface area (Å²) in [6, 6.07) is 1.64. The standard InChI is InChI=1S/C9H10ClN5OS/c1-3-6-11-5(10)4-7(12-6)17-9-14-13-8(16)15(9)2/h4H,3H2,1-2H3,(H,13,16). The van der Waals surface area contributed by atoms with Crippen molar-refractivity contribution in [1.29, 1.82) is 0 Å². The van der Waals surface area contributed by atoms with Crippen LogP contribution in [-0.4, -0.2) is 24.7 Å². The minimum atomic E-state index is -0.261. The van der Waals surface area contributed by atoms with Crippen LogP contribution in [0, 0.1) is 0 Å². The molecule has 0 spiro atoms. The van der Waals surface area contributed by atoms with Gasteiger partial charge in [-0.1, -0.05) is 18.5 Å². The molecule has 0 aliphatic carbocycles. The number of H-pyrrole nitrogens is 1. The van der Waals surface area contributed by atoms with Gasteiger partial charge in [-0.2, -0.15) is 0 Å². The molecule has 90 valence electrons. The second-order valence-corrected chi connectivity index (χ2v) is 4.65. The first-order chi connectivity index (χ1) is 8.10. The van der Waals surface area contributed by atoms with E-state index in [9.17, 15) is 4.79 Å². The van der Waals surface area contributed by atoms with E-state index in [2.05, 4.69) is 20.2 Å². The highest BCUT2D eigenvalue weighted by Crippen LogP contribution is 2.24. The van der Waals surface area contributed by atoms with Crippen molar-refractivity contribution in [3.63, 3.8) is 0 Å². The number of aromatic amines is 1. The average Bonchev–Trinajstić information content (AvgIpc) is 2.60. The maximum Gasteiger partial charge on any atom is 0.343 e. The molecule has 0 fully saturated rings. The molecule has 6 nitrogen and oxygen atoms in total. The number of nitrogens with zero attached hydrogens (tertiary/aromatic N) is 4. The van der Waals surface area contributed by atoms with Crippen LogP contribution in [0.3, 0.4) is 0 Å². The van der Waals surface area contributed by atoms with Crippen LogP contribution in [0.15, 0.2) is 21.0 Å². The third-order valence-corrected chi connectivity index (χ3v) is 3.23. The van der Waals surface area contributed by atoms with Gasteiger partial charge in [0, 0.05) is 19.5 Å². The summed E-state index contributed by atoms with van der Waals surface area (Å²) in [7, 11) is 1.64. The molecule has 0 aromatic carbocycles. The van der Waals surface area contributed by atoms with Gasteiger partial charge in [-0.15, -0.1) is 5.10 Å². The third kappa shape index (κ3) is 2.67. The number of aryl methyl sites for hydroxylation is 1. The van der Waals surface area contributed by atoms with Gasteiger partial charge >= 0.3 is 5.69 Å². The van der Waals surface area contributed by atoms with Crippen molar-refractivity contribution in [2.24, 2.45) is 7.05 Å². The van der Waals surface area contributed by atoms with E-state index in [1.54, 1.807) is 13.1 Å². The Balaban J connectivity index is 2.33. The van der Waals surface area contributed by atoms with Gasteiger partial charge in [0.1, 0.15) is 16.0 Å². The van der Waals surface area contributed by atoms with E-state index in [-0.39, 0.29) is 5.69 Å². The SMILES string of the molecule is CCc1nc(Cl)cc(Sc2n[nH]c(=O)n2C)n1. The van der Waals surface area contributed by atoms with Gasteiger partial charge in [0.2, 0.25) is 0 Å². The highest BCUT2D eigenvalue weighted by atomic mass is 35.5. The van der Waals surface area contributed by atoms with E-state index in [0.717, 1.165) is 0 Å². The molecule has 0 radical (unpaired) electrons. The molecular weight excluding hydrogens is 262 g/mol. The van der Waals surface area contributed by atoms with Crippen LogP contribution in [0.2, 0.25) is 5.15 Å². The Bertz CT molecular complexity index is 593. The van der Waals surface area contributed by atoms with Crippen LogP contribution in [0.25, 0.3) is 0 Å². The Morgan fingerprint density at radius 1 is 1.53 bits per heavy atom. The fourth-order valence-corrected chi connectivity index (χ4v) is 2.26. The molecular formula is C9H10ClN5OS. The highest BCUT2D eigenvalue weighted by Gasteiger charge is 2.09. The predicted octanol–water partition coefficient (Wildman–Crippen LogP) is 1.27. The number of rotatable bonds is 3. The van der Waals surface area contributed by atoms with Crippen LogP contribution in [-0.2, 0) is 13.5 Å². The van der Waals surface area contributed by atoms with Crippen molar-refractivity contribution >= 4 is 23.4 Å². The van der Waals surface area contributed by atoms with Gasteiger partial charge in [0.25, 0.3) is 0 Å². The third-order valence-electron chi connectivity index (χ3n) is 2.07. The van der Waals surface area contributed by atoms with Crippen molar-refractivity contribution in [1.82, 2.24) is 24.7 Å².